The van der Waals surface area contributed by atoms with Crippen LogP contribution in [0.25, 0.3) is 0 Å². The molecule has 0 bridgehead atoms. The van der Waals surface area contributed by atoms with Gasteiger partial charge in [-0.05, 0) is 77.9 Å². The highest BCUT2D eigenvalue weighted by Gasteiger charge is 2.06. The molecule has 3 aromatic carbocycles. The lowest BCUT2D eigenvalue weighted by Crippen LogP contribution is -1.92. The first-order valence-corrected chi connectivity index (χ1v) is 11.8. The van der Waals surface area contributed by atoms with Gasteiger partial charge in [-0.25, -0.2) is 4.98 Å². The van der Waals surface area contributed by atoms with E-state index in [4.69, 9.17) is 0 Å². The molecule has 0 atom stereocenters. The summed E-state index contributed by atoms with van der Waals surface area (Å²) in [4.78, 5) is 6.43. The number of hydrogen-bond acceptors (Lipinski definition) is 4. The van der Waals surface area contributed by atoms with Crippen LogP contribution in [0.5, 0.6) is 5.75 Å². The lowest BCUT2D eigenvalue weighted by Gasteiger charge is -2.05. The fourth-order valence-corrected chi connectivity index (χ4v) is 4.32. The molecular weight excluding hydrogens is 454 g/mol. The molecule has 0 amide bonds. The van der Waals surface area contributed by atoms with E-state index in [2.05, 4.69) is 28.7 Å². The van der Waals surface area contributed by atoms with Gasteiger partial charge in [0.05, 0.1) is 13.2 Å². The first kappa shape index (κ1) is 24.1. The summed E-state index contributed by atoms with van der Waals surface area (Å²) in [6.45, 7) is 1.61. The molecule has 4 rings (SSSR count). The molecule has 5 heteroatoms. The summed E-state index contributed by atoms with van der Waals surface area (Å²) in [7, 11) is 0. The largest absolute Gasteiger partial charge is 0.392 e. The maximum atomic E-state index is 11.8. The van der Waals surface area contributed by atoms with Crippen molar-refractivity contribution in [3.63, 3.8) is 0 Å². The van der Waals surface area contributed by atoms with Crippen LogP contribution in [-0.2, 0) is 18.3 Å². The molecule has 0 aliphatic rings. The first-order valence-electron chi connectivity index (χ1n) is 10.9. The van der Waals surface area contributed by atoms with Crippen molar-refractivity contribution in [3.05, 3.63) is 118 Å². The van der Waals surface area contributed by atoms with Crippen LogP contribution in [0.15, 0.2) is 88.7 Å². The molecule has 0 saturated carbocycles. The van der Waals surface area contributed by atoms with Gasteiger partial charge in [0, 0.05) is 20.9 Å². The molecule has 1 aromatic heterocycles. The summed E-state index contributed by atoms with van der Waals surface area (Å²) >= 11 is 1.50. The van der Waals surface area contributed by atoms with E-state index in [1.165, 1.54) is 11.8 Å². The highest BCUT2D eigenvalue weighted by Crippen LogP contribution is 2.31. The summed E-state index contributed by atoms with van der Waals surface area (Å²) in [5, 5.41) is 31.0. The number of hydrogen-bond donors (Lipinski definition) is 2. The number of aliphatic hydroxyl groups excluding tert-OH is 2. The van der Waals surface area contributed by atoms with Crippen molar-refractivity contribution in [1.29, 1.82) is 0 Å². The molecule has 2 N–H and O–H groups in total. The zero-order valence-corrected chi connectivity index (χ0v) is 19.9. The summed E-state index contributed by atoms with van der Waals surface area (Å²) in [6, 6.07) is 23.8. The summed E-state index contributed by atoms with van der Waals surface area (Å²) in [5.74, 6) is 12.4. The van der Waals surface area contributed by atoms with Crippen molar-refractivity contribution in [2.24, 2.45) is 0 Å². The molecule has 0 aliphatic heterocycles. The van der Waals surface area contributed by atoms with E-state index in [1.807, 2.05) is 66.7 Å². The van der Waals surface area contributed by atoms with Gasteiger partial charge >= 0.3 is 0 Å². The molecule has 1 radical (unpaired) electrons. The van der Waals surface area contributed by atoms with Crippen LogP contribution in [0.4, 0.5) is 0 Å². The van der Waals surface area contributed by atoms with Gasteiger partial charge in [-0.1, -0.05) is 60.0 Å². The molecule has 4 aromatic rings. The number of aliphatic hydroxyl groups is 2. The second-order valence-corrected chi connectivity index (χ2v) is 8.88. The number of benzene rings is 3. The Hall–Kier alpha value is -4.00. The molecule has 171 valence electrons. The minimum absolute atomic E-state index is 0.00675. The highest BCUT2D eigenvalue weighted by molar-refractivity contribution is 7.99. The minimum atomic E-state index is -0.0930. The van der Waals surface area contributed by atoms with Gasteiger partial charge in [0.15, 0.2) is 5.75 Å². The molecule has 35 heavy (non-hydrogen) atoms. The standard InChI is InChI=1S/C30H22NO3S/c1-21-16-28(14-15-30(21)34)35-29-17-26(12-10-22-6-2-4-8-24(22)19-32)31-27(18-29)13-11-23-7-3-5-9-25(23)20-33/h2-9,14-18,32-33H,19-20H2,1H3. The third-order valence-electron chi connectivity index (χ3n) is 5.21. The Kier molecular flexibility index (Phi) is 7.88. The minimum Gasteiger partial charge on any atom is -0.392 e. The lowest BCUT2D eigenvalue weighted by atomic mass is 10.1. The van der Waals surface area contributed by atoms with Crippen molar-refractivity contribution in [3.8, 4) is 29.4 Å². The van der Waals surface area contributed by atoms with Gasteiger partial charge in [0.1, 0.15) is 11.4 Å². The number of nitrogens with zero attached hydrogens (tertiary/aromatic N) is 1. The summed E-state index contributed by atoms with van der Waals surface area (Å²) < 4.78 is 0. The SMILES string of the molecule is Cc1cc(Sc2cc(C#Cc3ccccc3CO)nc(C#Cc3ccccc3CO)c2)ccc1[O]. The summed E-state index contributed by atoms with van der Waals surface area (Å²) in [6.07, 6.45) is 0. The topological polar surface area (TPSA) is 73.2 Å². The zero-order valence-electron chi connectivity index (χ0n) is 19.1. The van der Waals surface area contributed by atoms with Crippen LogP contribution >= 0.6 is 11.8 Å². The Morgan fingerprint density at radius 2 is 1.26 bits per heavy atom. The van der Waals surface area contributed by atoms with Gasteiger partial charge < -0.3 is 10.2 Å². The Morgan fingerprint density at radius 1 is 0.714 bits per heavy atom. The fraction of sp³-hybridized carbons (Fsp3) is 0.100. The average molecular weight is 477 g/mol. The van der Waals surface area contributed by atoms with Crippen LogP contribution < -0.4 is 0 Å². The molecule has 0 aliphatic carbocycles. The number of rotatable bonds is 4. The number of aromatic nitrogens is 1. The Labute approximate surface area is 209 Å². The van der Waals surface area contributed by atoms with Crippen molar-refractivity contribution >= 4 is 11.8 Å². The average Bonchev–Trinajstić information content (AvgIpc) is 2.88. The van der Waals surface area contributed by atoms with E-state index >= 15 is 0 Å². The first-order chi connectivity index (χ1) is 17.1. The zero-order chi connectivity index (χ0) is 24.6. The van der Waals surface area contributed by atoms with E-state index < -0.39 is 0 Å². The van der Waals surface area contributed by atoms with Crippen LogP contribution in [0.2, 0.25) is 0 Å². The van der Waals surface area contributed by atoms with E-state index in [9.17, 15) is 15.3 Å². The van der Waals surface area contributed by atoms with Gasteiger partial charge in [-0.2, -0.15) is 0 Å². The Bertz CT molecular complexity index is 1410. The maximum absolute atomic E-state index is 11.8. The molecule has 0 spiro atoms. The van der Waals surface area contributed by atoms with Gasteiger partial charge in [-0.3, -0.25) is 5.11 Å². The van der Waals surface area contributed by atoms with Crippen molar-refractivity contribution in [2.75, 3.05) is 0 Å². The molecule has 0 fully saturated rings. The van der Waals surface area contributed by atoms with Crippen LogP contribution in [-0.4, -0.2) is 15.2 Å². The van der Waals surface area contributed by atoms with Crippen LogP contribution in [0.1, 0.15) is 39.2 Å². The monoisotopic (exact) mass is 476 g/mol. The Balaban J connectivity index is 1.74. The summed E-state index contributed by atoms with van der Waals surface area (Å²) in [5.41, 5.74) is 4.74. The maximum Gasteiger partial charge on any atom is 0.181 e. The van der Waals surface area contributed by atoms with Crippen LogP contribution in [0, 0.1) is 30.6 Å². The van der Waals surface area contributed by atoms with Gasteiger partial charge in [0.2, 0.25) is 0 Å². The van der Waals surface area contributed by atoms with E-state index in [-0.39, 0.29) is 19.0 Å². The second-order valence-electron chi connectivity index (χ2n) is 7.73. The fourth-order valence-electron chi connectivity index (χ4n) is 3.34. The quantitative estimate of drug-likeness (QED) is 0.383. The van der Waals surface area contributed by atoms with Gasteiger partial charge in [-0.15, -0.1) is 0 Å². The molecule has 0 saturated heterocycles. The predicted octanol–water partition coefficient (Wildman–Crippen LogP) is 5.47. The lowest BCUT2D eigenvalue weighted by molar-refractivity contribution is 0.281. The predicted molar refractivity (Wildman–Crippen MR) is 136 cm³/mol. The molecule has 0 unspecified atom stereocenters. The second kappa shape index (κ2) is 11.4. The molecule has 4 nitrogen and oxygen atoms in total. The molecular formula is C30H22NO3S. The highest BCUT2D eigenvalue weighted by atomic mass is 32.2. The Morgan fingerprint density at radius 3 is 1.77 bits per heavy atom. The number of aryl methyl sites for hydroxylation is 1. The van der Waals surface area contributed by atoms with E-state index in [1.54, 1.807) is 19.1 Å². The van der Waals surface area contributed by atoms with E-state index in [0.717, 1.165) is 32.0 Å². The number of pyridine rings is 1. The van der Waals surface area contributed by atoms with E-state index in [0.29, 0.717) is 17.0 Å². The third kappa shape index (κ3) is 6.32. The van der Waals surface area contributed by atoms with Crippen molar-refractivity contribution < 1.29 is 15.3 Å². The molecule has 1 heterocycles. The van der Waals surface area contributed by atoms with Crippen molar-refractivity contribution in [2.45, 2.75) is 29.9 Å². The van der Waals surface area contributed by atoms with Crippen LogP contribution in [0.3, 0.4) is 0 Å². The van der Waals surface area contributed by atoms with Crippen molar-refractivity contribution in [1.82, 2.24) is 4.98 Å². The third-order valence-corrected chi connectivity index (χ3v) is 6.17. The smallest absolute Gasteiger partial charge is 0.181 e. The van der Waals surface area contributed by atoms with Gasteiger partial charge in [0.25, 0.3) is 0 Å². The normalized spacial score (nSPS) is 10.1.